The van der Waals surface area contributed by atoms with Crippen LogP contribution in [0.25, 0.3) is 0 Å². The maximum atomic E-state index is 13.5. The Morgan fingerprint density at radius 2 is 1.60 bits per heavy atom. The van der Waals surface area contributed by atoms with Gasteiger partial charge in [0.25, 0.3) is 0 Å². The number of hydrogen-bond acceptors (Lipinski definition) is 1. The lowest BCUT2D eigenvalue weighted by molar-refractivity contribution is 0.310. The summed E-state index contributed by atoms with van der Waals surface area (Å²) in [4.78, 5) is 0. The molecule has 1 aromatic carbocycles. The van der Waals surface area contributed by atoms with E-state index in [0.29, 0.717) is 0 Å². The minimum Gasteiger partial charge on any atom is -0.323 e. The lowest BCUT2D eigenvalue weighted by Crippen LogP contribution is -2.28. The first kappa shape index (κ1) is 12.4. The zero-order chi connectivity index (χ0) is 11.8. The highest BCUT2D eigenvalue weighted by atomic mass is 35.5. The molecule has 84 valence electrons. The molecule has 0 saturated heterocycles. The van der Waals surface area contributed by atoms with Crippen LogP contribution in [-0.4, -0.2) is 0 Å². The average molecular weight is 234 g/mol. The summed E-state index contributed by atoms with van der Waals surface area (Å²) >= 11 is 5.52. The molecule has 0 heterocycles. The van der Waals surface area contributed by atoms with E-state index in [2.05, 4.69) is 0 Å². The Balaban J connectivity index is 3.26. The molecule has 4 heteroatoms. The number of hydrogen-bond donors (Lipinski definition) is 1. The monoisotopic (exact) mass is 233 g/mol. The molecular formula is C11H14ClF2N. The Morgan fingerprint density at radius 1 is 1.20 bits per heavy atom. The van der Waals surface area contributed by atoms with Gasteiger partial charge in [0.1, 0.15) is 11.6 Å². The van der Waals surface area contributed by atoms with Gasteiger partial charge < -0.3 is 5.73 Å². The largest absolute Gasteiger partial charge is 0.323 e. The third kappa shape index (κ3) is 2.67. The highest BCUT2D eigenvalue weighted by Crippen LogP contribution is 2.34. The van der Waals surface area contributed by atoms with Gasteiger partial charge >= 0.3 is 0 Å². The van der Waals surface area contributed by atoms with Crippen LogP contribution in [-0.2, 0) is 0 Å². The lowest BCUT2D eigenvalue weighted by Gasteiger charge is -2.28. The van der Waals surface area contributed by atoms with Crippen LogP contribution in [0.2, 0.25) is 5.02 Å². The zero-order valence-electron chi connectivity index (χ0n) is 8.94. The second-order valence-corrected chi connectivity index (χ2v) is 5.06. The second-order valence-electron chi connectivity index (χ2n) is 4.63. The normalized spacial score (nSPS) is 14.1. The van der Waals surface area contributed by atoms with E-state index in [1.807, 2.05) is 20.8 Å². The smallest absolute Gasteiger partial charge is 0.132 e. The average Bonchev–Trinajstić information content (AvgIpc) is 1.99. The van der Waals surface area contributed by atoms with Crippen molar-refractivity contribution in [2.75, 3.05) is 0 Å². The van der Waals surface area contributed by atoms with E-state index in [1.165, 1.54) is 0 Å². The van der Waals surface area contributed by atoms with Crippen molar-refractivity contribution in [3.8, 4) is 0 Å². The van der Waals surface area contributed by atoms with Crippen molar-refractivity contribution < 1.29 is 8.78 Å². The summed E-state index contributed by atoms with van der Waals surface area (Å²) in [6.07, 6.45) is 0. The molecule has 1 atom stereocenters. The molecule has 0 bridgehead atoms. The predicted molar refractivity (Wildman–Crippen MR) is 57.8 cm³/mol. The molecule has 0 amide bonds. The Labute approximate surface area is 93.2 Å². The van der Waals surface area contributed by atoms with E-state index in [-0.39, 0.29) is 10.6 Å². The molecule has 0 aromatic heterocycles. The van der Waals surface area contributed by atoms with Gasteiger partial charge in [-0.05, 0) is 17.5 Å². The number of rotatable bonds is 1. The standard InChI is InChI=1S/C11H14ClF2N/c1-11(2,3)10(15)9-7(13)4-6(12)5-8(9)14/h4-5,10H,15H2,1-3H3/t10-/m0/s1. The Hall–Kier alpha value is -0.670. The number of halogens is 3. The minimum atomic E-state index is -0.699. The molecule has 1 nitrogen and oxygen atoms in total. The van der Waals surface area contributed by atoms with Crippen LogP contribution in [0.1, 0.15) is 32.4 Å². The number of nitrogens with two attached hydrogens (primary N) is 1. The summed E-state index contributed by atoms with van der Waals surface area (Å²) in [5, 5.41) is 0.0369. The molecule has 1 aromatic rings. The topological polar surface area (TPSA) is 26.0 Å². The van der Waals surface area contributed by atoms with Gasteiger partial charge in [-0.2, -0.15) is 0 Å². The van der Waals surface area contributed by atoms with Crippen molar-refractivity contribution in [1.29, 1.82) is 0 Å². The SMILES string of the molecule is CC(C)(C)[C@@H](N)c1c(F)cc(Cl)cc1F. The van der Waals surface area contributed by atoms with Crippen LogP contribution >= 0.6 is 11.6 Å². The summed E-state index contributed by atoms with van der Waals surface area (Å²) in [6, 6.07) is 1.45. The van der Waals surface area contributed by atoms with Crippen LogP contribution in [0.3, 0.4) is 0 Å². The Morgan fingerprint density at radius 3 is 1.93 bits per heavy atom. The molecule has 15 heavy (non-hydrogen) atoms. The summed E-state index contributed by atoms with van der Waals surface area (Å²) in [6.45, 7) is 5.47. The van der Waals surface area contributed by atoms with Gasteiger partial charge in [0, 0.05) is 16.6 Å². The third-order valence-corrected chi connectivity index (χ3v) is 2.51. The van der Waals surface area contributed by atoms with Crippen molar-refractivity contribution in [1.82, 2.24) is 0 Å². The molecule has 0 saturated carbocycles. The first-order chi connectivity index (χ1) is 6.73. The van der Waals surface area contributed by atoms with E-state index in [4.69, 9.17) is 17.3 Å². The summed E-state index contributed by atoms with van der Waals surface area (Å²) in [5.74, 6) is -1.38. The maximum absolute atomic E-state index is 13.5. The van der Waals surface area contributed by atoms with E-state index < -0.39 is 23.1 Å². The fourth-order valence-electron chi connectivity index (χ4n) is 1.28. The summed E-state index contributed by atoms with van der Waals surface area (Å²) < 4.78 is 27.0. The van der Waals surface area contributed by atoms with Crippen molar-refractivity contribution in [2.45, 2.75) is 26.8 Å². The molecule has 0 radical (unpaired) electrons. The first-order valence-corrected chi connectivity index (χ1v) is 5.01. The van der Waals surface area contributed by atoms with Gasteiger partial charge in [-0.3, -0.25) is 0 Å². The third-order valence-electron chi connectivity index (χ3n) is 2.29. The fraction of sp³-hybridized carbons (Fsp3) is 0.455. The Kier molecular flexibility index (Phi) is 3.36. The highest BCUT2D eigenvalue weighted by molar-refractivity contribution is 6.30. The quantitative estimate of drug-likeness (QED) is 0.787. The van der Waals surface area contributed by atoms with E-state index >= 15 is 0 Å². The predicted octanol–water partition coefficient (Wildman–Crippen LogP) is 3.66. The van der Waals surface area contributed by atoms with Crippen molar-refractivity contribution in [3.63, 3.8) is 0 Å². The van der Waals surface area contributed by atoms with Crippen molar-refractivity contribution in [2.24, 2.45) is 11.1 Å². The highest BCUT2D eigenvalue weighted by Gasteiger charge is 2.27. The summed E-state index contributed by atoms with van der Waals surface area (Å²) in [5.41, 5.74) is 5.29. The van der Waals surface area contributed by atoms with Gasteiger partial charge in [-0.1, -0.05) is 32.4 Å². The molecule has 0 unspecified atom stereocenters. The molecule has 0 aliphatic carbocycles. The van der Waals surface area contributed by atoms with Crippen LogP contribution < -0.4 is 5.73 Å². The van der Waals surface area contributed by atoms with Gasteiger partial charge in [-0.25, -0.2) is 8.78 Å². The van der Waals surface area contributed by atoms with Crippen LogP contribution in [0.5, 0.6) is 0 Å². The fourth-order valence-corrected chi connectivity index (χ4v) is 1.48. The van der Waals surface area contributed by atoms with E-state index in [9.17, 15) is 8.78 Å². The molecule has 0 aliphatic heterocycles. The Bertz CT molecular complexity index is 348. The molecule has 0 fully saturated rings. The van der Waals surface area contributed by atoms with Crippen LogP contribution in [0, 0.1) is 17.0 Å². The molecule has 1 rings (SSSR count). The molecule has 2 N–H and O–H groups in total. The minimum absolute atomic E-state index is 0.0369. The zero-order valence-corrected chi connectivity index (χ0v) is 9.70. The van der Waals surface area contributed by atoms with Gasteiger partial charge in [0.15, 0.2) is 0 Å². The van der Waals surface area contributed by atoms with Gasteiger partial charge in [-0.15, -0.1) is 0 Å². The van der Waals surface area contributed by atoms with Crippen LogP contribution in [0.4, 0.5) is 8.78 Å². The van der Waals surface area contributed by atoms with Crippen molar-refractivity contribution >= 4 is 11.6 Å². The maximum Gasteiger partial charge on any atom is 0.132 e. The van der Waals surface area contributed by atoms with Gasteiger partial charge in [0.05, 0.1) is 0 Å². The summed E-state index contributed by atoms with van der Waals surface area (Å²) in [7, 11) is 0. The van der Waals surface area contributed by atoms with Gasteiger partial charge in [0.2, 0.25) is 0 Å². The first-order valence-electron chi connectivity index (χ1n) is 4.63. The lowest BCUT2D eigenvalue weighted by atomic mass is 9.82. The second kappa shape index (κ2) is 4.06. The van der Waals surface area contributed by atoms with E-state index in [0.717, 1.165) is 12.1 Å². The molecular weight excluding hydrogens is 220 g/mol. The molecule has 0 spiro atoms. The number of benzene rings is 1. The molecule has 0 aliphatic rings. The van der Waals surface area contributed by atoms with Crippen LogP contribution in [0.15, 0.2) is 12.1 Å². The van der Waals surface area contributed by atoms with Crippen molar-refractivity contribution in [3.05, 3.63) is 34.4 Å². The van der Waals surface area contributed by atoms with E-state index in [1.54, 1.807) is 0 Å².